The Balaban J connectivity index is 1.48. The molecule has 3 aromatic rings. The van der Waals surface area contributed by atoms with Crippen molar-refractivity contribution in [3.8, 4) is 11.1 Å². The average Bonchev–Trinajstić information content (AvgIpc) is 3.42. The van der Waals surface area contributed by atoms with Crippen molar-refractivity contribution in [3.05, 3.63) is 77.0 Å². The van der Waals surface area contributed by atoms with E-state index in [9.17, 15) is 22.8 Å². The van der Waals surface area contributed by atoms with Gasteiger partial charge in [-0.05, 0) is 74.9 Å². The van der Waals surface area contributed by atoms with Crippen molar-refractivity contribution in [2.24, 2.45) is 0 Å². The van der Waals surface area contributed by atoms with E-state index in [0.29, 0.717) is 35.7 Å². The number of nitrogens with one attached hydrogen (secondary N) is 2. The molecule has 2 amide bonds. The molecule has 11 heteroatoms. The number of alkyl carbamates (subject to hydrolysis) is 1. The Kier molecular flexibility index (Phi) is 9.06. The summed E-state index contributed by atoms with van der Waals surface area (Å²) in [5.41, 5.74) is 0.549. The fourth-order valence-corrected chi connectivity index (χ4v) is 4.51. The molecular weight excluding hydrogens is 539 g/mol. The summed E-state index contributed by atoms with van der Waals surface area (Å²) in [7, 11) is 0. The minimum atomic E-state index is -4.53. The number of hydrogen-bond acceptors (Lipinski definition) is 6. The highest BCUT2D eigenvalue weighted by molar-refractivity contribution is 5.89. The zero-order valence-electron chi connectivity index (χ0n) is 23.4. The van der Waals surface area contributed by atoms with Crippen LogP contribution in [0, 0.1) is 0 Å². The zero-order chi connectivity index (χ0) is 29.8. The lowest BCUT2D eigenvalue weighted by atomic mass is 9.95. The molecular formula is C30H34F3N3O5. The number of ether oxygens (including phenoxy) is 2. The van der Waals surface area contributed by atoms with Gasteiger partial charge < -0.3 is 24.5 Å². The third-order valence-corrected chi connectivity index (χ3v) is 6.67. The number of oxazole rings is 1. The van der Waals surface area contributed by atoms with Gasteiger partial charge in [0.25, 0.3) is 5.89 Å². The fourth-order valence-electron chi connectivity index (χ4n) is 4.51. The van der Waals surface area contributed by atoms with Gasteiger partial charge in [-0.3, -0.25) is 4.79 Å². The first kappa shape index (κ1) is 30.1. The van der Waals surface area contributed by atoms with Crippen molar-refractivity contribution >= 4 is 12.0 Å². The molecule has 1 aliphatic heterocycles. The molecule has 1 fully saturated rings. The lowest BCUT2D eigenvalue weighted by Crippen LogP contribution is -2.32. The lowest BCUT2D eigenvalue weighted by molar-refractivity contribution is -0.137. The van der Waals surface area contributed by atoms with Gasteiger partial charge in [-0.15, -0.1) is 0 Å². The number of benzene rings is 2. The summed E-state index contributed by atoms with van der Waals surface area (Å²) in [5.74, 6) is 0.339. The van der Waals surface area contributed by atoms with Crippen molar-refractivity contribution in [3.63, 3.8) is 0 Å². The van der Waals surface area contributed by atoms with E-state index >= 15 is 0 Å². The molecule has 8 nitrogen and oxygen atoms in total. The van der Waals surface area contributed by atoms with E-state index in [1.807, 2.05) is 0 Å². The second-order valence-corrected chi connectivity index (χ2v) is 11.0. The Labute approximate surface area is 236 Å². The van der Waals surface area contributed by atoms with Gasteiger partial charge in [-0.25, -0.2) is 9.78 Å². The highest BCUT2D eigenvalue weighted by atomic mass is 19.4. The van der Waals surface area contributed by atoms with Gasteiger partial charge in [0.2, 0.25) is 0 Å². The summed E-state index contributed by atoms with van der Waals surface area (Å²) in [6.45, 7) is 8.20. The molecule has 1 aliphatic rings. The average molecular weight is 574 g/mol. The van der Waals surface area contributed by atoms with Crippen molar-refractivity contribution in [2.45, 2.75) is 70.8 Å². The molecule has 4 rings (SSSR count). The minimum Gasteiger partial charge on any atom is -0.444 e. The van der Waals surface area contributed by atoms with Crippen LogP contribution in [0.4, 0.5) is 18.0 Å². The van der Waals surface area contributed by atoms with Gasteiger partial charge in [0.05, 0.1) is 17.8 Å². The highest BCUT2D eigenvalue weighted by Crippen LogP contribution is 2.35. The number of carbonyl (C=O) groups excluding carboxylic acids is 2. The molecule has 1 aromatic heterocycles. The van der Waals surface area contributed by atoms with Gasteiger partial charge in [-0.2, -0.15) is 13.2 Å². The van der Waals surface area contributed by atoms with E-state index in [4.69, 9.17) is 13.9 Å². The first-order chi connectivity index (χ1) is 19.3. The van der Waals surface area contributed by atoms with Crippen molar-refractivity contribution in [1.82, 2.24) is 15.6 Å². The van der Waals surface area contributed by atoms with Crippen molar-refractivity contribution < 1.29 is 36.7 Å². The topological polar surface area (TPSA) is 103 Å². The second kappa shape index (κ2) is 12.3. The number of hydrogen-bond donors (Lipinski definition) is 2. The maximum Gasteiger partial charge on any atom is 0.416 e. The first-order valence-corrected chi connectivity index (χ1v) is 13.4. The molecule has 1 atom stereocenters. The smallest absolute Gasteiger partial charge is 0.416 e. The number of carbonyl (C=O) groups is 2. The largest absolute Gasteiger partial charge is 0.444 e. The van der Waals surface area contributed by atoms with E-state index in [1.165, 1.54) is 6.07 Å². The van der Waals surface area contributed by atoms with Crippen LogP contribution in [0.2, 0.25) is 0 Å². The maximum atomic E-state index is 13.5. The molecule has 0 unspecified atom stereocenters. The number of amides is 2. The third-order valence-electron chi connectivity index (χ3n) is 6.67. The lowest BCUT2D eigenvalue weighted by Gasteiger charge is -2.20. The first-order valence-electron chi connectivity index (χ1n) is 13.4. The molecule has 2 heterocycles. The van der Waals surface area contributed by atoms with Crippen LogP contribution < -0.4 is 10.6 Å². The predicted octanol–water partition coefficient (Wildman–Crippen LogP) is 6.77. The minimum absolute atomic E-state index is 0.0252. The molecule has 41 heavy (non-hydrogen) atoms. The number of nitrogens with zero attached hydrogens (tertiary/aromatic N) is 1. The Morgan fingerprint density at radius 3 is 2.39 bits per heavy atom. The molecule has 2 N–H and O–H groups in total. The fraction of sp³-hybridized carbons (Fsp3) is 0.433. The highest BCUT2D eigenvalue weighted by Gasteiger charge is 2.31. The summed E-state index contributed by atoms with van der Waals surface area (Å²) >= 11 is 0. The van der Waals surface area contributed by atoms with Crippen molar-refractivity contribution in [1.29, 1.82) is 0 Å². The van der Waals surface area contributed by atoms with Crippen molar-refractivity contribution in [2.75, 3.05) is 13.2 Å². The van der Waals surface area contributed by atoms with Gasteiger partial charge in [-0.1, -0.05) is 30.3 Å². The predicted molar refractivity (Wildman–Crippen MR) is 145 cm³/mol. The number of halogens is 3. The van der Waals surface area contributed by atoms with Crippen LogP contribution in [0.3, 0.4) is 0 Å². The van der Waals surface area contributed by atoms with E-state index in [1.54, 1.807) is 58.2 Å². The van der Waals surface area contributed by atoms with Gasteiger partial charge in [0, 0.05) is 25.7 Å². The summed E-state index contributed by atoms with van der Waals surface area (Å²) in [6, 6.07) is 9.78. The Morgan fingerprint density at radius 1 is 1.07 bits per heavy atom. The SMILES string of the molecule is C[C@@H](NC(=O)c1ncc(C2CCOCC2)o1)c1ccc(-c2cc(C(F)(F)F)ccc2CNC(=O)OC(C)(C)C)cc1. The monoisotopic (exact) mass is 573 g/mol. The van der Waals surface area contributed by atoms with Crippen LogP contribution in [0.25, 0.3) is 11.1 Å². The maximum absolute atomic E-state index is 13.5. The molecule has 2 aromatic carbocycles. The number of aromatic nitrogens is 1. The molecule has 220 valence electrons. The van der Waals surface area contributed by atoms with E-state index in [0.717, 1.165) is 30.5 Å². The third kappa shape index (κ3) is 8.09. The van der Waals surface area contributed by atoms with Crippen LogP contribution in [-0.4, -0.2) is 35.8 Å². The molecule has 0 radical (unpaired) electrons. The van der Waals surface area contributed by atoms with Gasteiger partial charge in [0.15, 0.2) is 0 Å². The molecule has 0 saturated carbocycles. The van der Waals surface area contributed by atoms with E-state index in [2.05, 4.69) is 15.6 Å². The van der Waals surface area contributed by atoms with Crippen LogP contribution in [0.1, 0.15) is 85.6 Å². The Bertz CT molecular complexity index is 1360. The Hall–Kier alpha value is -3.86. The normalized spacial score (nSPS) is 15.3. The van der Waals surface area contributed by atoms with E-state index < -0.39 is 35.4 Å². The van der Waals surface area contributed by atoms with Crippen LogP contribution in [0.15, 0.2) is 53.1 Å². The van der Waals surface area contributed by atoms with Gasteiger partial charge in [0.1, 0.15) is 11.4 Å². The summed E-state index contributed by atoms with van der Waals surface area (Å²) in [4.78, 5) is 29.0. The zero-order valence-corrected chi connectivity index (χ0v) is 23.4. The van der Waals surface area contributed by atoms with Crippen LogP contribution >= 0.6 is 0 Å². The molecule has 0 aliphatic carbocycles. The Morgan fingerprint density at radius 2 is 1.76 bits per heavy atom. The molecule has 0 spiro atoms. The summed E-state index contributed by atoms with van der Waals surface area (Å²) < 4.78 is 56.8. The van der Waals surface area contributed by atoms with Crippen LogP contribution in [-0.2, 0) is 22.2 Å². The van der Waals surface area contributed by atoms with Crippen LogP contribution in [0.5, 0.6) is 0 Å². The quantitative estimate of drug-likeness (QED) is 0.323. The molecule has 1 saturated heterocycles. The number of rotatable bonds is 7. The second-order valence-electron chi connectivity index (χ2n) is 11.0. The molecule has 0 bridgehead atoms. The van der Waals surface area contributed by atoms with E-state index in [-0.39, 0.29) is 18.4 Å². The standard InChI is InChI=1S/C30H34F3N3O5/c1-18(36-26(37)27-34-17-25(40-27)21-11-13-39-14-12-21)19-5-7-20(8-6-19)24-15-23(30(31,32)33)10-9-22(24)16-35-28(38)41-29(2,3)4/h5-10,15,17-18,21H,11-14,16H2,1-4H3,(H,35,38)(H,36,37)/t18-/m1/s1. The number of alkyl halides is 3. The summed E-state index contributed by atoms with van der Waals surface area (Å²) in [6.07, 6.45) is -2.01. The van der Waals surface area contributed by atoms with Gasteiger partial charge >= 0.3 is 18.2 Å². The summed E-state index contributed by atoms with van der Waals surface area (Å²) in [5, 5.41) is 5.45.